The van der Waals surface area contributed by atoms with Gasteiger partial charge >= 0.3 is 0 Å². The van der Waals surface area contributed by atoms with Gasteiger partial charge < -0.3 is 9.72 Å². The average Bonchev–Trinajstić information content (AvgIpc) is 3.43. The van der Waals surface area contributed by atoms with E-state index in [0.717, 1.165) is 67.7 Å². The third-order valence-electron chi connectivity index (χ3n) is 6.37. The Bertz CT molecular complexity index is 1080. The summed E-state index contributed by atoms with van der Waals surface area (Å²) in [6, 6.07) is 7.84. The monoisotopic (exact) mass is 408 g/mol. The molecule has 5 rings (SSSR count). The van der Waals surface area contributed by atoms with Gasteiger partial charge in [-0.1, -0.05) is 24.6 Å². The number of benzene rings is 1. The van der Waals surface area contributed by atoms with Crippen LogP contribution in [0.4, 0.5) is 0 Å². The van der Waals surface area contributed by atoms with Gasteiger partial charge in [-0.15, -0.1) is 5.10 Å². The number of aromatic amines is 1. The number of nitrogens with zero attached hydrogens (tertiary/aromatic N) is 5. The fourth-order valence-corrected chi connectivity index (χ4v) is 4.80. The number of likely N-dealkylation sites (tertiary alicyclic amines) is 1. The van der Waals surface area contributed by atoms with Crippen molar-refractivity contribution >= 4 is 10.9 Å². The third-order valence-corrected chi connectivity index (χ3v) is 6.37. The van der Waals surface area contributed by atoms with Crippen LogP contribution in [0.3, 0.4) is 0 Å². The van der Waals surface area contributed by atoms with Crippen LogP contribution in [0.1, 0.15) is 55.1 Å². The number of aryl methyl sites for hydroxylation is 1. The van der Waals surface area contributed by atoms with Gasteiger partial charge in [0.05, 0.1) is 18.2 Å². The molecule has 2 atom stereocenters. The maximum atomic E-state index is 13.2. The number of nitrogens with one attached hydrogen (secondary N) is 1. The summed E-state index contributed by atoms with van der Waals surface area (Å²) in [5.74, 6) is 0.727. The van der Waals surface area contributed by atoms with Gasteiger partial charge in [-0.25, -0.2) is 4.68 Å². The minimum absolute atomic E-state index is 0.0703. The number of tetrazole rings is 1. The van der Waals surface area contributed by atoms with Crippen LogP contribution in [0, 0.1) is 6.92 Å². The quantitative estimate of drug-likeness (QED) is 0.698. The molecule has 8 nitrogen and oxygen atoms in total. The minimum Gasteiger partial charge on any atom is -0.376 e. The standard InChI is InChI=1S/C22H28N6O2/c1-15-7-5-8-16-13-18(22(29)23-19(15)16)20(27-10-3-2-4-11-27)21-24-25-26-28(21)14-17-9-6-12-30-17/h5,7-8,13,17,20H,2-4,6,9-12,14H2,1H3,(H,23,29). The van der Waals surface area contributed by atoms with Crippen LogP contribution >= 0.6 is 0 Å². The topological polar surface area (TPSA) is 88.9 Å². The molecule has 3 aromatic rings. The summed E-state index contributed by atoms with van der Waals surface area (Å²) in [7, 11) is 0. The lowest BCUT2D eigenvalue weighted by Crippen LogP contribution is -2.39. The second-order valence-corrected chi connectivity index (χ2v) is 8.45. The van der Waals surface area contributed by atoms with Gasteiger partial charge in [0.2, 0.25) is 0 Å². The Kier molecular flexibility index (Phi) is 5.35. The van der Waals surface area contributed by atoms with Crippen molar-refractivity contribution in [2.24, 2.45) is 0 Å². The van der Waals surface area contributed by atoms with Gasteiger partial charge in [-0.2, -0.15) is 0 Å². The van der Waals surface area contributed by atoms with E-state index >= 15 is 0 Å². The lowest BCUT2D eigenvalue weighted by Gasteiger charge is -2.33. The molecule has 0 radical (unpaired) electrons. The first-order valence-electron chi connectivity index (χ1n) is 10.9. The number of aromatic nitrogens is 5. The molecule has 0 saturated carbocycles. The summed E-state index contributed by atoms with van der Waals surface area (Å²) in [5, 5.41) is 13.7. The van der Waals surface area contributed by atoms with E-state index in [0.29, 0.717) is 12.1 Å². The molecule has 4 heterocycles. The summed E-state index contributed by atoms with van der Waals surface area (Å²) in [4.78, 5) is 18.7. The first kappa shape index (κ1) is 19.4. The normalized spacial score (nSPS) is 21.3. The van der Waals surface area contributed by atoms with Gasteiger partial charge in [0.25, 0.3) is 5.56 Å². The highest BCUT2D eigenvalue weighted by atomic mass is 16.5. The summed E-state index contributed by atoms with van der Waals surface area (Å²) >= 11 is 0. The van der Waals surface area contributed by atoms with Gasteiger partial charge in [0, 0.05) is 12.2 Å². The third kappa shape index (κ3) is 3.65. The van der Waals surface area contributed by atoms with Crippen LogP contribution in [0.25, 0.3) is 10.9 Å². The van der Waals surface area contributed by atoms with E-state index < -0.39 is 0 Å². The van der Waals surface area contributed by atoms with Crippen molar-refractivity contribution in [3.05, 3.63) is 51.6 Å². The van der Waals surface area contributed by atoms with Crippen molar-refractivity contribution in [1.82, 2.24) is 30.1 Å². The highest BCUT2D eigenvalue weighted by Crippen LogP contribution is 2.30. The van der Waals surface area contributed by atoms with Crippen molar-refractivity contribution in [3.8, 4) is 0 Å². The predicted octanol–water partition coefficient (Wildman–Crippen LogP) is 2.58. The molecule has 2 saturated heterocycles. The maximum absolute atomic E-state index is 13.2. The molecular formula is C22H28N6O2. The van der Waals surface area contributed by atoms with Crippen LogP contribution < -0.4 is 5.56 Å². The smallest absolute Gasteiger partial charge is 0.253 e. The number of fused-ring (bicyclic) bond motifs is 1. The van der Waals surface area contributed by atoms with E-state index in [4.69, 9.17) is 4.74 Å². The van der Waals surface area contributed by atoms with E-state index in [1.165, 1.54) is 6.42 Å². The molecular weight excluding hydrogens is 380 g/mol. The van der Waals surface area contributed by atoms with Crippen molar-refractivity contribution in [3.63, 3.8) is 0 Å². The number of pyridine rings is 1. The molecule has 8 heteroatoms. The van der Waals surface area contributed by atoms with Crippen molar-refractivity contribution in [2.45, 2.75) is 57.7 Å². The summed E-state index contributed by atoms with van der Waals surface area (Å²) < 4.78 is 7.65. The number of hydrogen-bond donors (Lipinski definition) is 1. The van der Waals surface area contributed by atoms with Gasteiger partial charge in [0.15, 0.2) is 5.82 Å². The zero-order valence-electron chi connectivity index (χ0n) is 17.4. The molecule has 0 bridgehead atoms. The molecule has 2 aliphatic heterocycles. The largest absolute Gasteiger partial charge is 0.376 e. The Morgan fingerprint density at radius 3 is 2.90 bits per heavy atom. The first-order valence-corrected chi connectivity index (χ1v) is 10.9. The fraction of sp³-hybridized carbons (Fsp3) is 0.545. The summed E-state index contributed by atoms with van der Waals surface area (Å²) in [6.07, 6.45) is 5.68. The van der Waals surface area contributed by atoms with E-state index in [1.54, 1.807) is 0 Å². The van der Waals surface area contributed by atoms with Crippen molar-refractivity contribution in [1.29, 1.82) is 0 Å². The Morgan fingerprint density at radius 1 is 1.23 bits per heavy atom. The highest BCUT2D eigenvalue weighted by molar-refractivity contribution is 5.82. The van der Waals surface area contributed by atoms with E-state index in [9.17, 15) is 4.79 Å². The number of hydrogen-bond acceptors (Lipinski definition) is 6. The summed E-state index contributed by atoms with van der Waals surface area (Å²) in [5.41, 5.74) is 2.59. The Balaban J connectivity index is 1.60. The van der Waals surface area contributed by atoms with Crippen LogP contribution in [-0.2, 0) is 11.3 Å². The van der Waals surface area contributed by atoms with Gasteiger partial charge in [0.1, 0.15) is 6.04 Å². The molecule has 30 heavy (non-hydrogen) atoms. The molecule has 0 spiro atoms. The van der Waals surface area contributed by atoms with E-state index in [-0.39, 0.29) is 17.7 Å². The predicted molar refractivity (Wildman–Crippen MR) is 113 cm³/mol. The van der Waals surface area contributed by atoms with Crippen LogP contribution in [0.5, 0.6) is 0 Å². The van der Waals surface area contributed by atoms with Crippen LogP contribution in [0.15, 0.2) is 29.1 Å². The number of para-hydroxylation sites is 1. The van der Waals surface area contributed by atoms with E-state index in [2.05, 4.69) is 25.4 Å². The molecule has 1 aromatic carbocycles. The highest BCUT2D eigenvalue weighted by Gasteiger charge is 2.32. The summed E-state index contributed by atoms with van der Waals surface area (Å²) in [6.45, 7) is 5.30. The molecule has 158 valence electrons. The second-order valence-electron chi connectivity index (χ2n) is 8.45. The van der Waals surface area contributed by atoms with Gasteiger partial charge in [-0.3, -0.25) is 9.69 Å². The lowest BCUT2D eigenvalue weighted by molar-refractivity contribution is 0.0902. The second kappa shape index (κ2) is 8.28. The van der Waals surface area contributed by atoms with E-state index in [1.807, 2.05) is 35.9 Å². The Morgan fingerprint density at radius 2 is 2.10 bits per heavy atom. The molecule has 2 aromatic heterocycles. The Hall–Kier alpha value is -2.58. The number of ether oxygens (including phenoxy) is 1. The minimum atomic E-state index is -0.268. The molecule has 0 aliphatic carbocycles. The fourth-order valence-electron chi connectivity index (χ4n) is 4.80. The lowest BCUT2D eigenvalue weighted by atomic mass is 9.99. The van der Waals surface area contributed by atoms with Gasteiger partial charge in [-0.05, 0) is 73.1 Å². The molecule has 0 amide bonds. The first-order chi connectivity index (χ1) is 14.7. The average molecular weight is 409 g/mol. The zero-order chi connectivity index (χ0) is 20.5. The molecule has 2 unspecified atom stereocenters. The van der Waals surface area contributed by atoms with Crippen LogP contribution in [-0.4, -0.2) is 55.9 Å². The zero-order valence-corrected chi connectivity index (χ0v) is 17.4. The van der Waals surface area contributed by atoms with Crippen molar-refractivity contribution < 1.29 is 4.74 Å². The number of rotatable bonds is 5. The van der Waals surface area contributed by atoms with Crippen LogP contribution in [0.2, 0.25) is 0 Å². The Labute approximate surface area is 175 Å². The SMILES string of the molecule is Cc1cccc2cc(C(c3nnnn3CC3CCCO3)N3CCCCC3)c(=O)[nH]c12. The van der Waals surface area contributed by atoms with Crippen molar-refractivity contribution in [2.75, 3.05) is 19.7 Å². The molecule has 2 fully saturated rings. The maximum Gasteiger partial charge on any atom is 0.253 e. The number of piperidine rings is 1. The molecule has 2 aliphatic rings. The molecule has 1 N–H and O–H groups in total. The number of H-pyrrole nitrogens is 1.